The zero-order chi connectivity index (χ0) is 17.9. The molecule has 25 heavy (non-hydrogen) atoms. The van der Waals surface area contributed by atoms with Crippen LogP contribution in [0.25, 0.3) is 0 Å². The summed E-state index contributed by atoms with van der Waals surface area (Å²) in [5.41, 5.74) is 1.41. The van der Waals surface area contributed by atoms with Crippen LogP contribution < -0.4 is 4.90 Å². The van der Waals surface area contributed by atoms with Crippen LogP contribution >= 0.6 is 0 Å². The van der Waals surface area contributed by atoms with Gasteiger partial charge in [0.25, 0.3) is 0 Å². The molecule has 0 amide bonds. The van der Waals surface area contributed by atoms with Crippen molar-refractivity contribution in [3.8, 4) is 12.1 Å². The van der Waals surface area contributed by atoms with Gasteiger partial charge in [-0.05, 0) is 24.3 Å². The molecule has 1 aliphatic rings. The predicted octanol–water partition coefficient (Wildman–Crippen LogP) is 1.34. The van der Waals surface area contributed by atoms with Gasteiger partial charge in [0.1, 0.15) is 17.0 Å². The molecule has 8 heteroatoms. The van der Waals surface area contributed by atoms with E-state index in [4.69, 9.17) is 0 Å². The van der Waals surface area contributed by atoms with Gasteiger partial charge >= 0.3 is 0 Å². The number of hydrogen-bond donors (Lipinski definition) is 0. The first-order valence-corrected chi connectivity index (χ1v) is 9.10. The summed E-state index contributed by atoms with van der Waals surface area (Å²) in [6.07, 6.45) is 2.86. The second kappa shape index (κ2) is 6.89. The lowest BCUT2D eigenvalue weighted by Gasteiger charge is -2.36. The largest absolute Gasteiger partial charge is 0.367 e. The number of pyridine rings is 1. The van der Waals surface area contributed by atoms with Crippen molar-refractivity contribution in [3.63, 3.8) is 0 Å². The molecule has 1 aliphatic heterocycles. The third kappa shape index (κ3) is 3.18. The van der Waals surface area contributed by atoms with E-state index in [2.05, 4.69) is 17.1 Å². The molecule has 7 nitrogen and oxygen atoms in total. The number of sulfonamides is 1. The Morgan fingerprint density at radius 3 is 2.12 bits per heavy atom. The molecule has 1 fully saturated rings. The van der Waals surface area contributed by atoms with Crippen LogP contribution in [0.2, 0.25) is 0 Å². The van der Waals surface area contributed by atoms with Gasteiger partial charge in [0.15, 0.2) is 0 Å². The maximum absolute atomic E-state index is 12.6. The van der Waals surface area contributed by atoms with E-state index in [1.807, 2.05) is 4.90 Å². The summed E-state index contributed by atoms with van der Waals surface area (Å²) >= 11 is 0. The number of para-hydroxylation sites is 1. The van der Waals surface area contributed by atoms with Crippen molar-refractivity contribution >= 4 is 15.7 Å². The third-order valence-corrected chi connectivity index (χ3v) is 5.99. The van der Waals surface area contributed by atoms with E-state index in [-0.39, 0.29) is 18.0 Å². The highest BCUT2D eigenvalue weighted by Crippen LogP contribution is 2.27. The second-order valence-electron chi connectivity index (χ2n) is 5.51. The molecule has 1 saturated heterocycles. The molecule has 1 aromatic carbocycles. The van der Waals surface area contributed by atoms with E-state index in [0.717, 1.165) is 0 Å². The molecule has 126 valence electrons. The van der Waals surface area contributed by atoms with Crippen LogP contribution in [0, 0.1) is 22.7 Å². The van der Waals surface area contributed by atoms with Crippen molar-refractivity contribution < 1.29 is 8.42 Å². The summed E-state index contributed by atoms with van der Waals surface area (Å²) in [5.74, 6) is 0. The van der Waals surface area contributed by atoms with E-state index >= 15 is 0 Å². The van der Waals surface area contributed by atoms with E-state index in [1.165, 1.54) is 22.8 Å². The molecule has 0 radical (unpaired) electrons. The number of anilines is 1. The van der Waals surface area contributed by atoms with Crippen LogP contribution in [0.15, 0.2) is 47.6 Å². The molecule has 0 saturated carbocycles. The number of rotatable bonds is 3. The fourth-order valence-corrected chi connectivity index (χ4v) is 4.25. The van der Waals surface area contributed by atoms with Gasteiger partial charge in [-0.25, -0.2) is 8.42 Å². The Morgan fingerprint density at radius 2 is 1.60 bits per heavy atom. The van der Waals surface area contributed by atoms with Crippen molar-refractivity contribution in [2.75, 3.05) is 31.1 Å². The van der Waals surface area contributed by atoms with E-state index in [1.54, 1.807) is 24.3 Å². The van der Waals surface area contributed by atoms with Crippen LogP contribution in [0.4, 0.5) is 5.69 Å². The third-order valence-electron chi connectivity index (χ3n) is 4.10. The van der Waals surface area contributed by atoms with Crippen LogP contribution in [0.1, 0.15) is 11.1 Å². The molecule has 0 unspecified atom stereocenters. The van der Waals surface area contributed by atoms with Crippen LogP contribution in [-0.4, -0.2) is 43.9 Å². The minimum absolute atomic E-state index is 0.165. The zero-order valence-corrected chi connectivity index (χ0v) is 14.1. The summed E-state index contributed by atoms with van der Waals surface area (Å²) in [6.45, 7) is 1.38. The molecular formula is C17H15N5O2S. The SMILES string of the molecule is N#Cc1cccc(C#N)c1N1CCN(S(=O)(=O)c2cccnc2)CC1. The first kappa shape index (κ1) is 16.9. The first-order chi connectivity index (χ1) is 12.1. The first-order valence-electron chi connectivity index (χ1n) is 7.66. The minimum Gasteiger partial charge on any atom is -0.367 e. The van der Waals surface area contributed by atoms with Crippen molar-refractivity contribution in [2.24, 2.45) is 0 Å². The van der Waals surface area contributed by atoms with Gasteiger partial charge in [0, 0.05) is 38.6 Å². The number of benzene rings is 1. The lowest BCUT2D eigenvalue weighted by molar-refractivity contribution is 0.384. The Kier molecular flexibility index (Phi) is 4.66. The standard InChI is InChI=1S/C17H15N5O2S/c18-11-14-3-1-4-15(12-19)17(14)21-7-9-22(10-8-21)25(23,24)16-5-2-6-20-13-16/h1-6,13H,7-10H2. The van der Waals surface area contributed by atoms with E-state index in [0.29, 0.717) is 29.9 Å². The molecule has 0 bridgehead atoms. The molecule has 0 aliphatic carbocycles. The lowest BCUT2D eigenvalue weighted by Crippen LogP contribution is -2.49. The monoisotopic (exact) mass is 353 g/mol. The zero-order valence-electron chi connectivity index (χ0n) is 13.3. The van der Waals surface area contributed by atoms with Crippen LogP contribution in [0.3, 0.4) is 0 Å². The second-order valence-corrected chi connectivity index (χ2v) is 7.44. The van der Waals surface area contributed by atoms with Gasteiger partial charge in [0.05, 0.1) is 16.8 Å². The van der Waals surface area contributed by atoms with Gasteiger partial charge in [0.2, 0.25) is 10.0 Å². The molecule has 1 aromatic heterocycles. The Morgan fingerprint density at radius 1 is 0.960 bits per heavy atom. The van der Waals surface area contributed by atoms with Crippen molar-refractivity contribution in [1.29, 1.82) is 10.5 Å². The summed E-state index contributed by atoms with van der Waals surface area (Å²) in [6, 6.07) is 12.3. The number of piperazine rings is 1. The van der Waals surface area contributed by atoms with Crippen LogP contribution in [0.5, 0.6) is 0 Å². The quantitative estimate of drug-likeness (QED) is 0.825. The Balaban J connectivity index is 1.82. The maximum atomic E-state index is 12.6. The Bertz CT molecular complexity index is 921. The minimum atomic E-state index is -3.58. The average molecular weight is 353 g/mol. The summed E-state index contributed by atoms with van der Waals surface area (Å²) < 4.78 is 26.7. The summed E-state index contributed by atoms with van der Waals surface area (Å²) in [4.78, 5) is 5.93. The average Bonchev–Trinajstić information content (AvgIpc) is 2.68. The normalized spacial score (nSPS) is 15.4. The smallest absolute Gasteiger partial charge is 0.244 e. The van der Waals surface area contributed by atoms with E-state index < -0.39 is 10.0 Å². The highest BCUT2D eigenvalue weighted by atomic mass is 32.2. The molecule has 0 atom stereocenters. The highest BCUT2D eigenvalue weighted by Gasteiger charge is 2.30. The lowest BCUT2D eigenvalue weighted by atomic mass is 10.1. The maximum Gasteiger partial charge on any atom is 0.244 e. The van der Waals surface area contributed by atoms with Crippen molar-refractivity contribution in [1.82, 2.24) is 9.29 Å². The number of aromatic nitrogens is 1. The fourth-order valence-electron chi connectivity index (χ4n) is 2.87. The van der Waals surface area contributed by atoms with Gasteiger partial charge in [-0.1, -0.05) is 6.07 Å². The van der Waals surface area contributed by atoms with E-state index in [9.17, 15) is 18.9 Å². The van der Waals surface area contributed by atoms with Gasteiger partial charge in [-0.3, -0.25) is 4.98 Å². The van der Waals surface area contributed by atoms with Gasteiger partial charge < -0.3 is 4.90 Å². The number of nitriles is 2. The number of hydrogen-bond acceptors (Lipinski definition) is 6. The van der Waals surface area contributed by atoms with Gasteiger partial charge in [-0.2, -0.15) is 14.8 Å². The van der Waals surface area contributed by atoms with Crippen molar-refractivity contribution in [2.45, 2.75) is 4.90 Å². The van der Waals surface area contributed by atoms with Gasteiger partial charge in [-0.15, -0.1) is 0 Å². The molecule has 2 aromatic rings. The number of nitrogens with zero attached hydrogens (tertiary/aromatic N) is 5. The summed E-state index contributed by atoms with van der Waals surface area (Å²) in [7, 11) is -3.58. The molecular weight excluding hydrogens is 338 g/mol. The molecule has 2 heterocycles. The molecule has 3 rings (SSSR count). The topological polar surface area (TPSA) is 101 Å². The molecule has 0 N–H and O–H groups in total. The Labute approximate surface area is 146 Å². The fraction of sp³-hybridized carbons (Fsp3) is 0.235. The Hall–Kier alpha value is -2.94. The molecule has 0 spiro atoms. The predicted molar refractivity (Wildman–Crippen MR) is 91.1 cm³/mol. The van der Waals surface area contributed by atoms with Crippen LogP contribution in [-0.2, 0) is 10.0 Å². The van der Waals surface area contributed by atoms with Crippen molar-refractivity contribution in [3.05, 3.63) is 53.9 Å². The highest BCUT2D eigenvalue weighted by molar-refractivity contribution is 7.89. The summed E-state index contributed by atoms with van der Waals surface area (Å²) in [5, 5.41) is 18.6.